The van der Waals surface area contributed by atoms with Gasteiger partial charge in [-0.3, -0.25) is 0 Å². The predicted molar refractivity (Wildman–Crippen MR) is 99.6 cm³/mol. The molecule has 0 N–H and O–H groups in total. The molecular weight excluding hydrogens is 311 g/mol. The molecule has 0 radical (unpaired) electrons. The van der Waals surface area contributed by atoms with Gasteiger partial charge in [0.05, 0.1) is 18.0 Å². The SMILES string of the molecule is Cc1cccc2c(CCB3OC4CC5CC(C5(C)C)[C@]4(C)O3)coc12. The van der Waals surface area contributed by atoms with E-state index < -0.39 is 0 Å². The van der Waals surface area contributed by atoms with Crippen LogP contribution in [-0.4, -0.2) is 18.8 Å². The van der Waals surface area contributed by atoms with Crippen LogP contribution in [0, 0.1) is 24.2 Å². The van der Waals surface area contributed by atoms with Gasteiger partial charge in [-0.1, -0.05) is 32.0 Å². The van der Waals surface area contributed by atoms with Crippen molar-refractivity contribution < 1.29 is 13.7 Å². The van der Waals surface area contributed by atoms with E-state index in [1.807, 2.05) is 6.26 Å². The molecule has 1 aromatic carbocycles. The zero-order chi connectivity index (χ0) is 17.4. The zero-order valence-electron chi connectivity index (χ0n) is 15.7. The molecule has 25 heavy (non-hydrogen) atoms. The number of rotatable bonds is 3. The van der Waals surface area contributed by atoms with Crippen molar-refractivity contribution in [1.82, 2.24) is 0 Å². The average molecular weight is 338 g/mol. The van der Waals surface area contributed by atoms with Gasteiger partial charge in [-0.2, -0.15) is 0 Å². The minimum absolute atomic E-state index is 0.0834. The summed E-state index contributed by atoms with van der Waals surface area (Å²) in [7, 11) is -0.0834. The van der Waals surface area contributed by atoms with Crippen molar-refractivity contribution in [3.05, 3.63) is 35.6 Å². The van der Waals surface area contributed by atoms with Crippen molar-refractivity contribution in [3.8, 4) is 0 Å². The van der Waals surface area contributed by atoms with Crippen LogP contribution in [0.5, 0.6) is 0 Å². The summed E-state index contributed by atoms with van der Waals surface area (Å²) in [5.74, 6) is 1.44. The molecule has 3 saturated carbocycles. The Morgan fingerprint density at radius 2 is 2.04 bits per heavy atom. The molecule has 6 rings (SSSR count). The fourth-order valence-electron chi connectivity index (χ4n) is 5.80. The van der Waals surface area contributed by atoms with Crippen molar-refractivity contribution in [2.45, 2.75) is 65.0 Å². The molecule has 132 valence electrons. The Morgan fingerprint density at radius 1 is 1.20 bits per heavy atom. The van der Waals surface area contributed by atoms with E-state index in [4.69, 9.17) is 13.7 Å². The maximum atomic E-state index is 6.52. The van der Waals surface area contributed by atoms with Crippen LogP contribution in [0.2, 0.25) is 6.32 Å². The van der Waals surface area contributed by atoms with E-state index >= 15 is 0 Å². The van der Waals surface area contributed by atoms with Crippen molar-refractivity contribution >= 4 is 18.1 Å². The monoisotopic (exact) mass is 338 g/mol. The first-order valence-corrected chi connectivity index (χ1v) is 9.68. The number of benzene rings is 1. The largest absolute Gasteiger partial charge is 0.464 e. The van der Waals surface area contributed by atoms with Gasteiger partial charge >= 0.3 is 7.12 Å². The molecule has 2 bridgehead atoms. The molecule has 4 aliphatic rings. The van der Waals surface area contributed by atoms with Gasteiger partial charge in [0.15, 0.2) is 0 Å². The molecule has 0 amide bonds. The standard InChI is InChI=1S/C21H27BO3/c1-13-6-5-7-16-14(12-23-19(13)16)8-9-22-24-18-11-15-10-17(20(15,2)3)21(18,4)25-22/h5-7,12,15,17-18H,8-11H2,1-4H3/t15?,17?,18?,21-/m0/s1. The normalized spacial score (nSPS) is 35.7. The lowest BCUT2D eigenvalue weighted by Gasteiger charge is -2.64. The van der Waals surface area contributed by atoms with E-state index in [0.29, 0.717) is 11.3 Å². The van der Waals surface area contributed by atoms with Crippen LogP contribution in [0.1, 0.15) is 44.7 Å². The third-order valence-electron chi connectivity index (χ3n) is 7.53. The predicted octanol–water partition coefficient (Wildman–Crippen LogP) is 5.01. The Bertz CT molecular complexity index is 826. The Labute approximate surface area is 150 Å². The number of para-hydroxylation sites is 1. The molecule has 1 aromatic heterocycles. The Hall–Kier alpha value is -1.26. The quantitative estimate of drug-likeness (QED) is 0.737. The third kappa shape index (κ3) is 2.13. The Kier molecular flexibility index (Phi) is 3.28. The van der Waals surface area contributed by atoms with Gasteiger partial charge in [0.2, 0.25) is 0 Å². The summed E-state index contributed by atoms with van der Waals surface area (Å²) in [6.45, 7) is 9.20. The topological polar surface area (TPSA) is 31.6 Å². The fraction of sp³-hybridized carbons (Fsp3) is 0.619. The molecule has 4 fully saturated rings. The van der Waals surface area contributed by atoms with Gasteiger partial charge in [0.1, 0.15) is 5.58 Å². The Morgan fingerprint density at radius 3 is 2.84 bits per heavy atom. The lowest BCUT2D eigenvalue weighted by atomic mass is 9.43. The summed E-state index contributed by atoms with van der Waals surface area (Å²) in [4.78, 5) is 0. The summed E-state index contributed by atoms with van der Waals surface area (Å²) in [5, 5.41) is 1.23. The van der Waals surface area contributed by atoms with Crippen LogP contribution in [0.25, 0.3) is 11.0 Å². The maximum Gasteiger partial charge on any atom is 0.457 e. The zero-order valence-corrected chi connectivity index (χ0v) is 15.7. The molecule has 1 aliphatic heterocycles. The number of aryl methyl sites for hydroxylation is 2. The van der Waals surface area contributed by atoms with Gasteiger partial charge in [0.25, 0.3) is 0 Å². The lowest BCUT2D eigenvalue weighted by molar-refractivity contribution is -0.199. The van der Waals surface area contributed by atoms with Crippen LogP contribution >= 0.6 is 0 Å². The van der Waals surface area contributed by atoms with Crippen LogP contribution in [0.3, 0.4) is 0 Å². The van der Waals surface area contributed by atoms with Crippen molar-refractivity contribution in [3.63, 3.8) is 0 Å². The van der Waals surface area contributed by atoms with Crippen LogP contribution in [0.15, 0.2) is 28.9 Å². The minimum atomic E-state index is -0.0992. The third-order valence-corrected chi connectivity index (χ3v) is 7.53. The first-order valence-electron chi connectivity index (χ1n) is 9.68. The fourth-order valence-corrected chi connectivity index (χ4v) is 5.80. The van der Waals surface area contributed by atoms with E-state index in [-0.39, 0.29) is 18.8 Å². The average Bonchev–Trinajstić information content (AvgIpc) is 3.13. The van der Waals surface area contributed by atoms with Crippen LogP contribution in [-0.2, 0) is 15.7 Å². The summed E-state index contributed by atoms with van der Waals surface area (Å²) >= 11 is 0. The molecule has 3 nitrogen and oxygen atoms in total. The number of hydrogen-bond donors (Lipinski definition) is 0. The number of furan rings is 1. The van der Waals surface area contributed by atoms with Crippen LogP contribution < -0.4 is 0 Å². The van der Waals surface area contributed by atoms with Crippen LogP contribution in [0.4, 0.5) is 0 Å². The number of hydrogen-bond acceptors (Lipinski definition) is 3. The molecule has 1 saturated heterocycles. The van der Waals surface area contributed by atoms with E-state index in [0.717, 1.165) is 30.7 Å². The smallest absolute Gasteiger partial charge is 0.457 e. The van der Waals surface area contributed by atoms with Gasteiger partial charge in [-0.15, -0.1) is 0 Å². The van der Waals surface area contributed by atoms with E-state index in [2.05, 4.69) is 45.9 Å². The summed E-state index contributed by atoms with van der Waals surface area (Å²) < 4.78 is 18.6. The number of fused-ring (bicyclic) bond motifs is 1. The minimum Gasteiger partial charge on any atom is -0.464 e. The Balaban J connectivity index is 1.31. The second-order valence-corrected chi connectivity index (χ2v) is 9.15. The summed E-state index contributed by atoms with van der Waals surface area (Å²) in [6, 6.07) is 6.35. The molecule has 3 unspecified atom stereocenters. The highest BCUT2D eigenvalue weighted by Gasteiger charge is 2.67. The molecule has 4 atom stereocenters. The molecule has 3 aliphatic carbocycles. The first-order chi connectivity index (χ1) is 11.9. The van der Waals surface area contributed by atoms with Gasteiger partial charge in [0, 0.05) is 5.39 Å². The molecule has 0 spiro atoms. The highest BCUT2D eigenvalue weighted by molar-refractivity contribution is 6.45. The van der Waals surface area contributed by atoms with Gasteiger partial charge in [-0.05, 0) is 67.8 Å². The van der Waals surface area contributed by atoms with E-state index in [1.54, 1.807) is 0 Å². The molecule has 4 heteroatoms. The summed E-state index contributed by atoms with van der Waals surface area (Å²) in [5.41, 5.74) is 3.77. The van der Waals surface area contributed by atoms with Gasteiger partial charge in [-0.25, -0.2) is 0 Å². The second-order valence-electron chi connectivity index (χ2n) is 9.15. The molecular formula is C21H27BO3. The lowest BCUT2D eigenvalue weighted by Crippen LogP contribution is -2.65. The maximum absolute atomic E-state index is 6.52. The van der Waals surface area contributed by atoms with Crippen molar-refractivity contribution in [2.75, 3.05) is 0 Å². The summed E-state index contributed by atoms with van der Waals surface area (Å²) in [6.07, 6.45) is 6.47. The molecule has 2 aromatic rings. The highest BCUT2D eigenvalue weighted by Crippen LogP contribution is 2.65. The van der Waals surface area contributed by atoms with E-state index in [9.17, 15) is 0 Å². The van der Waals surface area contributed by atoms with Gasteiger partial charge < -0.3 is 13.7 Å². The first kappa shape index (κ1) is 16.0. The molecule has 2 heterocycles. The highest BCUT2D eigenvalue weighted by atomic mass is 16.7. The van der Waals surface area contributed by atoms with E-state index in [1.165, 1.54) is 22.9 Å². The second kappa shape index (κ2) is 5.14. The van der Waals surface area contributed by atoms with Crippen molar-refractivity contribution in [2.24, 2.45) is 17.3 Å². The van der Waals surface area contributed by atoms with Crippen molar-refractivity contribution in [1.29, 1.82) is 0 Å².